The lowest BCUT2D eigenvalue weighted by atomic mass is 10.1. The number of rotatable bonds is 5. The predicted octanol–water partition coefficient (Wildman–Crippen LogP) is 3.15. The molecule has 132 valence electrons. The minimum atomic E-state index is -0.869. The number of ether oxygens (including phenoxy) is 2. The van der Waals surface area contributed by atoms with Gasteiger partial charge in [0, 0.05) is 11.6 Å². The van der Waals surface area contributed by atoms with Crippen LogP contribution < -0.4 is 10.2 Å². The van der Waals surface area contributed by atoms with Crippen LogP contribution in [0.1, 0.15) is 26.5 Å². The molecule has 3 rings (SSSR count). The minimum absolute atomic E-state index is 0.242. The Morgan fingerprint density at radius 3 is 2.46 bits per heavy atom. The zero-order chi connectivity index (χ0) is 18.7. The summed E-state index contributed by atoms with van der Waals surface area (Å²) in [5, 5.41) is 0.385. The topological polar surface area (TPSA) is 82.8 Å². The Bertz CT molecular complexity index is 1030. The van der Waals surface area contributed by atoms with Crippen LogP contribution in [0, 0.1) is 6.92 Å². The van der Waals surface area contributed by atoms with Crippen molar-refractivity contribution in [1.29, 1.82) is 0 Å². The largest absolute Gasteiger partial charge is 0.497 e. The number of esters is 1. The van der Waals surface area contributed by atoms with Gasteiger partial charge in [0.25, 0.3) is 0 Å². The van der Waals surface area contributed by atoms with Gasteiger partial charge in [0.15, 0.2) is 17.8 Å². The third-order valence-corrected chi connectivity index (χ3v) is 3.83. The quantitative estimate of drug-likeness (QED) is 0.518. The highest BCUT2D eigenvalue weighted by atomic mass is 16.5. The molecule has 6 nitrogen and oxygen atoms in total. The molecule has 0 bridgehead atoms. The second-order valence-electron chi connectivity index (χ2n) is 5.70. The fourth-order valence-corrected chi connectivity index (χ4v) is 2.43. The molecule has 0 aliphatic rings. The second kappa shape index (κ2) is 7.23. The summed E-state index contributed by atoms with van der Waals surface area (Å²) in [6.07, 6.45) is 0. The first kappa shape index (κ1) is 17.4. The molecule has 1 aromatic heterocycles. The number of carbonyl (C=O) groups excluding carboxylic acids is 2. The summed E-state index contributed by atoms with van der Waals surface area (Å²) in [6, 6.07) is 12.6. The maximum atomic E-state index is 12.1. The van der Waals surface area contributed by atoms with Crippen LogP contribution in [-0.4, -0.2) is 25.5 Å². The first-order chi connectivity index (χ1) is 12.5. The van der Waals surface area contributed by atoms with Gasteiger partial charge in [0.2, 0.25) is 5.76 Å². The summed E-state index contributed by atoms with van der Waals surface area (Å²) < 4.78 is 15.4. The summed E-state index contributed by atoms with van der Waals surface area (Å²) in [5.74, 6) is -0.869. The Morgan fingerprint density at radius 2 is 1.77 bits per heavy atom. The maximum absolute atomic E-state index is 12.1. The van der Waals surface area contributed by atoms with E-state index in [0.29, 0.717) is 16.7 Å². The van der Waals surface area contributed by atoms with Crippen molar-refractivity contribution in [2.45, 2.75) is 6.92 Å². The summed E-state index contributed by atoms with van der Waals surface area (Å²) in [7, 11) is 1.53. The lowest BCUT2D eigenvalue weighted by molar-refractivity contribution is 0.0444. The molecule has 0 aliphatic heterocycles. The third kappa shape index (κ3) is 3.64. The summed E-state index contributed by atoms with van der Waals surface area (Å²) >= 11 is 0. The van der Waals surface area contributed by atoms with Gasteiger partial charge < -0.3 is 13.9 Å². The third-order valence-electron chi connectivity index (χ3n) is 3.83. The standard InChI is InChI=1S/C20H16O6/c1-12-3-8-18-15(9-12)16(21)10-19(26-18)20(23)25-11-17(22)13-4-6-14(24-2)7-5-13/h3-10H,11H2,1-2H3. The van der Waals surface area contributed by atoms with Crippen LogP contribution >= 0.6 is 0 Å². The zero-order valence-electron chi connectivity index (χ0n) is 14.3. The molecular formula is C20H16O6. The lowest BCUT2D eigenvalue weighted by Crippen LogP contribution is -2.16. The lowest BCUT2D eigenvalue weighted by Gasteiger charge is -2.06. The van der Waals surface area contributed by atoms with Crippen molar-refractivity contribution in [2.75, 3.05) is 13.7 Å². The number of aryl methyl sites for hydroxylation is 1. The number of fused-ring (bicyclic) bond motifs is 1. The molecule has 0 saturated carbocycles. The van der Waals surface area contributed by atoms with Gasteiger partial charge in [-0.25, -0.2) is 4.79 Å². The Balaban J connectivity index is 1.73. The van der Waals surface area contributed by atoms with Crippen molar-refractivity contribution >= 4 is 22.7 Å². The SMILES string of the molecule is COc1ccc(C(=O)COC(=O)c2cc(=O)c3cc(C)ccc3o2)cc1. The van der Waals surface area contributed by atoms with Crippen molar-refractivity contribution in [1.82, 2.24) is 0 Å². The van der Waals surface area contributed by atoms with E-state index in [0.717, 1.165) is 11.6 Å². The maximum Gasteiger partial charge on any atom is 0.374 e. The van der Waals surface area contributed by atoms with Crippen LogP contribution in [-0.2, 0) is 4.74 Å². The van der Waals surface area contributed by atoms with Gasteiger partial charge in [0.05, 0.1) is 12.5 Å². The van der Waals surface area contributed by atoms with E-state index in [1.807, 2.05) is 6.92 Å². The fourth-order valence-electron chi connectivity index (χ4n) is 2.43. The van der Waals surface area contributed by atoms with Crippen LogP contribution in [0.25, 0.3) is 11.0 Å². The Labute approximate surface area is 149 Å². The Hall–Kier alpha value is -3.41. The van der Waals surface area contributed by atoms with Crippen molar-refractivity contribution < 1.29 is 23.5 Å². The van der Waals surface area contributed by atoms with E-state index in [-0.39, 0.29) is 22.6 Å². The molecule has 3 aromatic rings. The number of ketones is 1. The van der Waals surface area contributed by atoms with Crippen LogP contribution in [0.4, 0.5) is 0 Å². The molecule has 0 atom stereocenters. The van der Waals surface area contributed by atoms with Crippen LogP contribution in [0.5, 0.6) is 5.75 Å². The van der Waals surface area contributed by atoms with Gasteiger partial charge >= 0.3 is 5.97 Å². The van der Waals surface area contributed by atoms with Crippen molar-refractivity contribution in [2.24, 2.45) is 0 Å². The molecule has 0 fully saturated rings. The number of carbonyl (C=O) groups is 2. The Morgan fingerprint density at radius 1 is 1.04 bits per heavy atom. The van der Waals surface area contributed by atoms with Gasteiger partial charge in [-0.15, -0.1) is 0 Å². The Kier molecular flexibility index (Phi) is 4.84. The number of hydrogen-bond acceptors (Lipinski definition) is 6. The first-order valence-electron chi connectivity index (χ1n) is 7.87. The van der Waals surface area contributed by atoms with Gasteiger partial charge in [-0.05, 0) is 43.3 Å². The van der Waals surface area contributed by atoms with E-state index in [9.17, 15) is 14.4 Å². The highest BCUT2D eigenvalue weighted by Gasteiger charge is 2.16. The zero-order valence-corrected chi connectivity index (χ0v) is 14.3. The molecule has 0 saturated heterocycles. The van der Waals surface area contributed by atoms with E-state index in [1.165, 1.54) is 7.11 Å². The smallest absolute Gasteiger partial charge is 0.374 e. The van der Waals surface area contributed by atoms with E-state index < -0.39 is 12.6 Å². The van der Waals surface area contributed by atoms with E-state index in [2.05, 4.69) is 0 Å². The average Bonchev–Trinajstić information content (AvgIpc) is 2.66. The minimum Gasteiger partial charge on any atom is -0.497 e. The van der Waals surface area contributed by atoms with Gasteiger partial charge in [-0.3, -0.25) is 9.59 Å². The van der Waals surface area contributed by atoms with E-state index >= 15 is 0 Å². The summed E-state index contributed by atoms with van der Waals surface area (Å²) in [4.78, 5) is 36.3. The highest BCUT2D eigenvalue weighted by molar-refractivity contribution is 5.99. The monoisotopic (exact) mass is 352 g/mol. The number of Topliss-reactive ketones (excluding diaryl/α,β-unsaturated/α-hetero) is 1. The van der Waals surface area contributed by atoms with Crippen molar-refractivity contribution in [3.05, 3.63) is 75.6 Å². The molecule has 0 N–H and O–H groups in total. The number of hydrogen-bond donors (Lipinski definition) is 0. The number of methoxy groups -OCH3 is 1. The fraction of sp³-hybridized carbons (Fsp3) is 0.150. The molecule has 0 unspecified atom stereocenters. The molecular weight excluding hydrogens is 336 g/mol. The molecule has 0 spiro atoms. The van der Waals surface area contributed by atoms with Gasteiger partial charge in [0.1, 0.15) is 11.3 Å². The van der Waals surface area contributed by atoms with Gasteiger partial charge in [-0.1, -0.05) is 11.6 Å². The van der Waals surface area contributed by atoms with Crippen molar-refractivity contribution in [3.63, 3.8) is 0 Å². The first-order valence-corrected chi connectivity index (χ1v) is 7.87. The number of benzene rings is 2. The summed E-state index contributed by atoms with van der Waals surface area (Å²) in [6.45, 7) is 1.40. The van der Waals surface area contributed by atoms with Crippen LogP contribution in [0.3, 0.4) is 0 Å². The molecule has 0 amide bonds. The molecule has 26 heavy (non-hydrogen) atoms. The highest BCUT2D eigenvalue weighted by Crippen LogP contribution is 2.15. The van der Waals surface area contributed by atoms with Crippen LogP contribution in [0.2, 0.25) is 0 Å². The van der Waals surface area contributed by atoms with E-state index in [1.54, 1.807) is 42.5 Å². The van der Waals surface area contributed by atoms with Crippen molar-refractivity contribution in [3.8, 4) is 5.75 Å². The molecule has 2 aromatic carbocycles. The average molecular weight is 352 g/mol. The summed E-state index contributed by atoms with van der Waals surface area (Å²) in [5.41, 5.74) is 1.24. The van der Waals surface area contributed by atoms with Gasteiger partial charge in [-0.2, -0.15) is 0 Å². The molecule has 1 heterocycles. The van der Waals surface area contributed by atoms with Crippen LogP contribution in [0.15, 0.2) is 57.7 Å². The molecule has 6 heteroatoms. The predicted molar refractivity (Wildman–Crippen MR) is 94.8 cm³/mol. The normalized spacial score (nSPS) is 10.5. The second-order valence-corrected chi connectivity index (χ2v) is 5.70. The molecule has 0 aliphatic carbocycles. The molecule has 0 radical (unpaired) electrons. The van der Waals surface area contributed by atoms with E-state index in [4.69, 9.17) is 13.9 Å².